The van der Waals surface area contributed by atoms with E-state index in [-0.39, 0.29) is 5.41 Å². The molecule has 2 N–H and O–H groups in total. The molecule has 1 atom stereocenters. The van der Waals surface area contributed by atoms with Gasteiger partial charge in [0.2, 0.25) is 0 Å². The number of nitrogens with two attached hydrogens (primary N) is 1. The topological polar surface area (TPSA) is 50.7 Å². The maximum Gasteiger partial charge on any atom is 0.155 e. The molecule has 1 fully saturated rings. The van der Waals surface area contributed by atoms with Crippen LogP contribution in [-0.4, -0.2) is 5.66 Å². The number of azo groups is 1. The zero-order valence-corrected chi connectivity index (χ0v) is 13.3. The average molecular weight is 277 g/mol. The summed E-state index contributed by atoms with van der Waals surface area (Å²) in [5.41, 5.74) is 6.05. The van der Waals surface area contributed by atoms with Gasteiger partial charge >= 0.3 is 0 Å². The Balaban J connectivity index is 1.91. The van der Waals surface area contributed by atoms with Crippen molar-refractivity contribution >= 4 is 0 Å². The molecule has 1 aliphatic carbocycles. The van der Waals surface area contributed by atoms with Gasteiger partial charge in [0.05, 0.1) is 0 Å². The second-order valence-corrected chi connectivity index (χ2v) is 6.74. The average Bonchev–Trinajstić information content (AvgIpc) is 2.93. The van der Waals surface area contributed by atoms with Crippen LogP contribution in [0.3, 0.4) is 0 Å². The van der Waals surface area contributed by atoms with Gasteiger partial charge in [-0.05, 0) is 31.3 Å². The van der Waals surface area contributed by atoms with Crippen molar-refractivity contribution < 1.29 is 0 Å². The fraction of sp³-hybridized carbons (Fsp3) is 0.882. The van der Waals surface area contributed by atoms with E-state index >= 15 is 0 Å². The lowest BCUT2D eigenvalue weighted by molar-refractivity contribution is 0.125. The van der Waals surface area contributed by atoms with Gasteiger partial charge in [0.15, 0.2) is 5.66 Å². The molecule has 2 rings (SSSR count). The largest absolute Gasteiger partial charge is 0.302 e. The van der Waals surface area contributed by atoms with Crippen molar-refractivity contribution in [2.24, 2.45) is 27.3 Å². The maximum atomic E-state index is 6.53. The smallest absolute Gasteiger partial charge is 0.155 e. The quantitative estimate of drug-likeness (QED) is 0.685. The molecule has 3 heteroatoms. The molecule has 114 valence electrons. The number of hydrogen-bond donors (Lipinski definition) is 1. The van der Waals surface area contributed by atoms with Gasteiger partial charge in [0.25, 0.3) is 0 Å². The van der Waals surface area contributed by atoms with E-state index in [2.05, 4.69) is 24.1 Å². The van der Waals surface area contributed by atoms with Crippen molar-refractivity contribution in [3.63, 3.8) is 0 Å². The van der Waals surface area contributed by atoms with Crippen molar-refractivity contribution in [3.8, 4) is 0 Å². The van der Waals surface area contributed by atoms with Gasteiger partial charge < -0.3 is 5.73 Å². The van der Waals surface area contributed by atoms with Crippen LogP contribution in [0.15, 0.2) is 22.5 Å². The Bertz CT molecular complexity index is 337. The number of hydrogen-bond acceptors (Lipinski definition) is 3. The Kier molecular flexibility index (Phi) is 5.36. The molecule has 0 aromatic rings. The first-order valence-corrected chi connectivity index (χ1v) is 8.54. The second-order valence-electron chi connectivity index (χ2n) is 6.74. The molecule has 0 aromatic heterocycles. The van der Waals surface area contributed by atoms with Crippen LogP contribution in [0.5, 0.6) is 0 Å². The monoisotopic (exact) mass is 277 g/mol. The van der Waals surface area contributed by atoms with E-state index in [9.17, 15) is 0 Å². The van der Waals surface area contributed by atoms with E-state index in [0.717, 1.165) is 18.8 Å². The van der Waals surface area contributed by atoms with Crippen LogP contribution in [0, 0.1) is 11.3 Å². The predicted molar refractivity (Wildman–Crippen MR) is 84.4 cm³/mol. The summed E-state index contributed by atoms with van der Waals surface area (Å²) in [6, 6.07) is 0. The Labute approximate surface area is 124 Å². The van der Waals surface area contributed by atoms with E-state index in [0.29, 0.717) is 0 Å². The summed E-state index contributed by atoms with van der Waals surface area (Å²) < 4.78 is 0. The lowest BCUT2D eigenvalue weighted by Gasteiger charge is -2.42. The molecule has 1 unspecified atom stereocenters. The lowest BCUT2D eigenvalue weighted by Crippen LogP contribution is -2.51. The summed E-state index contributed by atoms with van der Waals surface area (Å²) in [4.78, 5) is 0. The van der Waals surface area contributed by atoms with Gasteiger partial charge in [-0.15, -0.1) is 0 Å². The summed E-state index contributed by atoms with van der Waals surface area (Å²) in [5.74, 6) is 0.963. The van der Waals surface area contributed by atoms with E-state index < -0.39 is 5.66 Å². The van der Waals surface area contributed by atoms with E-state index in [1.165, 1.54) is 51.4 Å². The van der Waals surface area contributed by atoms with Gasteiger partial charge in [-0.3, -0.25) is 0 Å². The minimum atomic E-state index is -0.566. The third kappa shape index (κ3) is 3.13. The van der Waals surface area contributed by atoms with Gasteiger partial charge in [0, 0.05) is 11.6 Å². The molecule has 0 bridgehead atoms. The highest BCUT2D eigenvalue weighted by Crippen LogP contribution is 2.45. The second kappa shape index (κ2) is 6.84. The van der Waals surface area contributed by atoms with Gasteiger partial charge in [-0.25, -0.2) is 0 Å². The lowest BCUT2D eigenvalue weighted by atomic mass is 9.68. The van der Waals surface area contributed by atoms with Crippen molar-refractivity contribution in [1.82, 2.24) is 0 Å². The Morgan fingerprint density at radius 3 is 2.45 bits per heavy atom. The number of rotatable bonds is 7. The fourth-order valence-electron chi connectivity index (χ4n) is 4.17. The van der Waals surface area contributed by atoms with E-state index in [1.807, 2.05) is 6.08 Å². The molecule has 0 radical (unpaired) electrons. The van der Waals surface area contributed by atoms with E-state index in [4.69, 9.17) is 5.73 Å². The molecule has 1 heterocycles. The first-order chi connectivity index (χ1) is 9.66. The number of nitrogens with zero attached hydrogens (tertiary/aromatic N) is 2. The third-order valence-corrected chi connectivity index (χ3v) is 5.81. The molecular weight excluding hydrogens is 246 g/mol. The molecule has 1 saturated carbocycles. The summed E-state index contributed by atoms with van der Waals surface area (Å²) in [6.07, 6.45) is 17.0. The Morgan fingerprint density at radius 1 is 1.20 bits per heavy atom. The van der Waals surface area contributed by atoms with Crippen LogP contribution in [0.4, 0.5) is 0 Å². The van der Waals surface area contributed by atoms with Crippen molar-refractivity contribution in [2.45, 2.75) is 83.7 Å². The molecule has 1 aliphatic heterocycles. The zero-order valence-electron chi connectivity index (χ0n) is 13.3. The van der Waals surface area contributed by atoms with Crippen molar-refractivity contribution in [1.29, 1.82) is 0 Å². The minimum Gasteiger partial charge on any atom is -0.302 e. The van der Waals surface area contributed by atoms with Crippen LogP contribution < -0.4 is 5.73 Å². The highest BCUT2D eigenvalue weighted by atomic mass is 15.2. The zero-order chi connectivity index (χ0) is 14.5. The SMILES string of the molecule is CCC(CC)(CCCC1CCCCC1)C1(N)C=CN=N1. The minimum absolute atomic E-state index is 0.0815. The summed E-state index contributed by atoms with van der Waals surface area (Å²) in [6.45, 7) is 4.50. The normalized spacial score (nSPS) is 27.4. The molecule has 0 spiro atoms. The third-order valence-electron chi connectivity index (χ3n) is 5.81. The Hall–Kier alpha value is -0.700. The highest BCUT2D eigenvalue weighted by Gasteiger charge is 2.46. The highest BCUT2D eigenvalue weighted by molar-refractivity contribution is 5.15. The molecule has 2 aliphatic rings. The fourth-order valence-corrected chi connectivity index (χ4v) is 4.17. The van der Waals surface area contributed by atoms with Gasteiger partial charge in [0.1, 0.15) is 0 Å². The molecule has 0 amide bonds. The van der Waals surface area contributed by atoms with Crippen LogP contribution in [0.2, 0.25) is 0 Å². The summed E-state index contributed by atoms with van der Waals surface area (Å²) >= 11 is 0. The van der Waals surface area contributed by atoms with Crippen molar-refractivity contribution in [3.05, 3.63) is 12.3 Å². The van der Waals surface area contributed by atoms with Crippen LogP contribution >= 0.6 is 0 Å². The molecule has 3 nitrogen and oxygen atoms in total. The molecule has 20 heavy (non-hydrogen) atoms. The van der Waals surface area contributed by atoms with Crippen LogP contribution in [0.1, 0.15) is 78.1 Å². The van der Waals surface area contributed by atoms with Gasteiger partial charge in [-0.1, -0.05) is 58.8 Å². The van der Waals surface area contributed by atoms with Crippen molar-refractivity contribution in [2.75, 3.05) is 0 Å². The predicted octanol–water partition coefficient (Wildman–Crippen LogP) is 5.18. The van der Waals surface area contributed by atoms with Gasteiger partial charge in [-0.2, -0.15) is 10.2 Å². The standard InChI is InChI=1S/C17H31N3/c1-3-16(4-2,17(18)13-14-19-20-17)12-8-11-15-9-6-5-7-10-15/h13-15H,3-12,18H2,1-2H3. The first-order valence-electron chi connectivity index (χ1n) is 8.54. The van der Waals surface area contributed by atoms with E-state index in [1.54, 1.807) is 6.20 Å². The Morgan fingerprint density at radius 2 is 1.90 bits per heavy atom. The van der Waals surface area contributed by atoms with Crippen LogP contribution in [-0.2, 0) is 0 Å². The molecular formula is C17H31N3. The van der Waals surface area contributed by atoms with Crippen LogP contribution in [0.25, 0.3) is 0 Å². The summed E-state index contributed by atoms with van der Waals surface area (Å²) in [5, 5.41) is 8.35. The first kappa shape index (κ1) is 15.7. The maximum absolute atomic E-state index is 6.53. The molecule has 0 saturated heterocycles. The summed E-state index contributed by atoms with van der Waals surface area (Å²) in [7, 11) is 0. The molecule has 0 aromatic carbocycles.